The lowest BCUT2D eigenvalue weighted by atomic mass is 10.2. The molecule has 0 aliphatic carbocycles. The van der Waals surface area contributed by atoms with Gasteiger partial charge in [-0.3, -0.25) is 9.64 Å². The third-order valence-electron chi connectivity index (χ3n) is 1.84. The van der Waals surface area contributed by atoms with E-state index in [1.54, 1.807) is 4.90 Å². The van der Waals surface area contributed by atoms with E-state index in [4.69, 9.17) is 5.26 Å². The highest BCUT2D eigenvalue weighted by atomic mass is 19.4. The van der Waals surface area contributed by atoms with Crippen molar-refractivity contribution in [1.29, 1.82) is 5.26 Å². The maximum atomic E-state index is 11.7. The maximum Gasteiger partial charge on any atom is 0.522 e. The minimum absolute atomic E-state index is 0.194. The average molecular weight is 238 g/mol. The summed E-state index contributed by atoms with van der Waals surface area (Å²) >= 11 is 0. The van der Waals surface area contributed by atoms with Crippen molar-refractivity contribution in [1.82, 2.24) is 4.90 Å². The predicted octanol–water partition coefficient (Wildman–Crippen LogP) is 2.39. The zero-order valence-corrected chi connectivity index (χ0v) is 9.55. The quantitative estimate of drug-likeness (QED) is 0.683. The van der Waals surface area contributed by atoms with Gasteiger partial charge in [0, 0.05) is 26.1 Å². The zero-order valence-electron chi connectivity index (χ0n) is 9.55. The van der Waals surface area contributed by atoms with E-state index in [0.29, 0.717) is 25.4 Å². The van der Waals surface area contributed by atoms with Crippen LogP contribution < -0.4 is 0 Å². The van der Waals surface area contributed by atoms with Crippen molar-refractivity contribution in [3.63, 3.8) is 0 Å². The molecule has 0 heterocycles. The lowest BCUT2D eigenvalue weighted by Crippen LogP contribution is -2.33. The number of alkyl halides is 3. The van der Waals surface area contributed by atoms with E-state index in [1.165, 1.54) is 0 Å². The highest BCUT2D eigenvalue weighted by Gasteiger charge is 2.28. The second kappa shape index (κ2) is 7.47. The highest BCUT2D eigenvalue weighted by molar-refractivity contribution is 4.72. The molecule has 0 aliphatic rings. The molecule has 0 saturated heterocycles. The summed E-state index contributed by atoms with van der Waals surface area (Å²) in [6.07, 6.45) is -4.25. The Bertz CT molecular complexity index is 223. The Hall–Kier alpha value is -0.800. The van der Waals surface area contributed by atoms with Crippen LogP contribution in [-0.2, 0) is 4.74 Å². The average Bonchev–Trinajstić information content (AvgIpc) is 2.11. The molecule has 94 valence electrons. The maximum absolute atomic E-state index is 11.7. The van der Waals surface area contributed by atoms with Gasteiger partial charge in [0.25, 0.3) is 0 Å². The van der Waals surface area contributed by atoms with Crippen molar-refractivity contribution in [3.8, 4) is 6.07 Å². The first-order valence-electron chi connectivity index (χ1n) is 5.15. The van der Waals surface area contributed by atoms with Crippen molar-refractivity contribution >= 4 is 0 Å². The van der Waals surface area contributed by atoms with Gasteiger partial charge in [-0.15, -0.1) is 13.2 Å². The first-order valence-corrected chi connectivity index (χ1v) is 5.15. The number of nitriles is 1. The molecule has 16 heavy (non-hydrogen) atoms. The van der Waals surface area contributed by atoms with Gasteiger partial charge >= 0.3 is 6.36 Å². The molecule has 3 nitrogen and oxygen atoms in total. The summed E-state index contributed by atoms with van der Waals surface area (Å²) in [6.45, 7) is 4.91. The van der Waals surface area contributed by atoms with Crippen molar-refractivity contribution in [3.05, 3.63) is 0 Å². The van der Waals surface area contributed by atoms with Crippen LogP contribution in [0.1, 0.15) is 20.3 Å². The Morgan fingerprint density at radius 3 is 2.38 bits per heavy atom. The fraction of sp³-hybridized carbons (Fsp3) is 0.900. The molecule has 0 unspecified atom stereocenters. The van der Waals surface area contributed by atoms with Gasteiger partial charge in [-0.05, 0) is 5.92 Å². The standard InChI is InChI=1S/C10H17F3N2O/c1-9(2)8-15(5-3-4-14)6-7-16-10(11,12)13/h9H,3,5-8H2,1-2H3. The third-order valence-corrected chi connectivity index (χ3v) is 1.84. The molecule has 0 saturated carbocycles. The third kappa shape index (κ3) is 9.74. The van der Waals surface area contributed by atoms with Crippen LogP contribution in [0.3, 0.4) is 0 Å². The molecule has 0 fully saturated rings. The monoisotopic (exact) mass is 238 g/mol. The fourth-order valence-corrected chi connectivity index (χ4v) is 1.31. The van der Waals surface area contributed by atoms with Gasteiger partial charge in [-0.2, -0.15) is 5.26 Å². The first-order chi connectivity index (χ1) is 7.35. The molecule has 0 aromatic heterocycles. The molecule has 0 aliphatic heterocycles. The predicted molar refractivity (Wildman–Crippen MR) is 53.5 cm³/mol. The molecule has 0 bridgehead atoms. The van der Waals surface area contributed by atoms with E-state index < -0.39 is 6.36 Å². The summed E-state index contributed by atoms with van der Waals surface area (Å²) in [5.74, 6) is 0.351. The molecule has 0 aromatic rings. The Labute approximate surface area is 93.8 Å². The normalized spacial score (nSPS) is 12.1. The van der Waals surface area contributed by atoms with Crippen LogP contribution >= 0.6 is 0 Å². The molecule has 0 radical (unpaired) electrons. The molecular weight excluding hydrogens is 221 g/mol. The van der Waals surface area contributed by atoms with Crippen molar-refractivity contribution in [2.75, 3.05) is 26.2 Å². The van der Waals surface area contributed by atoms with E-state index in [9.17, 15) is 13.2 Å². The van der Waals surface area contributed by atoms with Gasteiger partial charge in [0.15, 0.2) is 0 Å². The summed E-state index contributed by atoms with van der Waals surface area (Å²) < 4.78 is 38.9. The van der Waals surface area contributed by atoms with Crippen molar-refractivity contribution < 1.29 is 17.9 Å². The van der Waals surface area contributed by atoms with Crippen molar-refractivity contribution in [2.45, 2.75) is 26.6 Å². The Balaban J connectivity index is 3.87. The lowest BCUT2D eigenvalue weighted by Gasteiger charge is -2.23. The van der Waals surface area contributed by atoms with Crippen LogP contribution in [0, 0.1) is 17.2 Å². The van der Waals surface area contributed by atoms with Crippen LogP contribution in [0.25, 0.3) is 0 Å². The number of rotatable bonds is 7. The minimum atomic E-state index is -4.57. The van der Waals surface area contributed by atoms with E-state index in [2.05, 4.69) is 4.74 Å². The van der Waals surface area contributed by atoms with Gasteiger partial charge in [0.1, 0.15) is 0 Å². The van der Waals surface area contributed by atoms with Crippen LogP contribution in [0.4, 0.5) is 13.2 Å². The molecule has 6 heteroatoms. The lowest BCUT2D eigenvalue weighted by molar-refractivity contribution is -0.325. The van der Waals surface area contributed by atoms with E-state index >= 15 is 0 Å². The second-order valence-electron chi connectivity index (χ2n) is 3.90. The van der Waals surface area contributed by atoms with E-state index in [1.807, 2.05) is 19.9 Å². The zero-order chi connectivity index (χ0) is 12.6. The topological polar surface area (TPSA) is 36.3 Å². The number of ether oxygens (including phenoxy) is 1. The second-order valence-corrected chi connectivity index (χ2v) is 3.90. The number of hydrogen-bond donors (Lipinski definition) is 0. The molecule has 0 atom stereocenters. The van der Waals surface area contributed by atoms with Crippen LogP contribution in [0.15, 0.2) is 0 Å². The molecule has 0 rings (SSSR count). The molecule has 0 aromatic carbocycles. The van der Waals surface area contributed by atoms with Gasteiger partial charge in [-0.25, -0.2) is 0 Å². The fourth-order valence-electron chi connectivity index (χ4n) is 1.31. The van der Waals surface area contributed by atoms with Crippen LogP contribution in [0.5, 0.6) is 0 Å². The molecule has 0 spiro atoms. The summed E-state index contributed by atoms with van der Waals surface area (Å²) in [7, 11) is 0. The molecule has 0 N–H and O–H groups in total. The van der Waals surface area contributed by atoms with Crippen LogP contribution in [0.2, 0.25) is 0 Å². The highest BCUT2D eigenvalue weighted by Crippen LogP contribution is 2.15. The first kappa shape index (κ1) is 15.2. The smallest absolute Gasteiger partial charge is 0.300 e. The van der Waals surface area contributed by atoms with Crippen LogP contribution in [-0.4, -0.2) is 37.5 Å². The number of nitrogens with zero attached hydrogens (tertiary/aromatic N) is 2. The summed E-state index contributed by atoms with van der Waals surface area (Å²) in [4.78, 5) is 1.81. The summed E-state index contributed by atoms with van der Waals surface area (Å²) in [6, 6.07) is 1.97. The van der Waals surface area contributed by atoms with Gasteiger partial charge in [0.2, 0.25) is 0 Å². The summed E-state index contributed by atoms with van der Waals surface area (Å²) in [5, 5.41) is 8.42. The SMILES string of the molecule is CC(C)CN(CCC#N)CCOC(F)(F)F. The van der Waals surface area contributed by atoms with Gasteiger partial charge in [0.05, 0.1) is 12.7 Å². The molecule has 0 amide bonds. The van der Waals surface area contributed by atoms with E-state index in [-0.39, 0.29) is 13.2 Å². The Morgan fingerprint density at radius 1 is 1.31 bits per heavy atom. The number of hydrogen-bond acceptors (Lipinski definition) is 3. The Kier molecular flexibility index (Phi) is 7.10. The summed E-state index contributed by atoms with van der Waals surface area (Å²) in [5.41, 5.74) is 0. The van der Waals surface area contributed by atoms with Crippen molar-refractivity contribution in [2.24, 2.45) is 5.92 Å². The van der Waals surface area contributed by atoms with Gasteiger partial charge < -0.3 is 0 Å². The number of halogens is 3. The largest absolute Gasteiger partial charge is 0.522 e. The molecular formula is C10H17F3N2O. The van der Waals surface area contributed by atoms with Gasteiger partial charge in [-0.1, -0.05) is 13.8 Å². The minimum Gasteiger partial charge on any atom is -0.300 e. The van der Waals surface area contributed by atoms with E-state index in [0.717, 1.165) is 0 Å². The Morgan fingerprint density at radius 2 is 1.94 bits per heavy atom.